The average Bonchev–Trinajstić information content (AvgIpc) is 3.09. The van der Waals surface area contributed by atoms with Gasteiger partial charge in [0.2, 0.25) is 5.91 Å². The smallest absolute Gasteiger partial charge is 0.222 e. The van der Waals surface area contributed by atoms with E-state index in [0.717, 1.165) is 31.9 Å². The summed E-state index contributed by atoms with van der Waals surface area (Å²) in [4.78, 5) is 18.7. The molecule has 1 aromatic carbocycles. The molecule has 0 spiro atoms. The topological polar surface area (TPSA) is 56.7 Å². The Balaban J connectivity index is 0.00000420. The zero-order valence-corrected chi connectivity index (χ0v) is 20.7. The Kier molecular flexibility index (Phi) is 13.0. The molecule has 1 unspecified atom stereocenters. The third kappa shape index (κ3) is 9.36. The number of nitrogens with zero attached hydrogens (tertiary/aromatic N) is 2. The molecule has 29 heavy (non-hydrogen) atoms. The maximum Gasteiger partial charge on any atom is 0.222 e. The predicted octanol–water partition coefficient (Wildman–Crippen LogP) is 4.84. The van der Waals surface area contributed by atoms with E-state index in [0.29, 0.717) is 25.6 Å². The van der Waals surface area contributed by atoms with Crippen LogP contribution in [0.5, 0.6) is 0 Å². The van der Waals surface area contributed by atoms with Crippen molar-refractivity contribution in [2.75, 3.05) is 13.1 Å². The summed E-state index contributed by atoms with van der Waals surface area (Å²) in [7, 11) is 0. The molecule has 2 N–H and O–H groups in total. The van der Waals surface area contributed by atoms with E-state index in [9.17, 15) is 4.79 Å². The van der Waals surface area contributed by atoms with Crippen LogP contribution < -0.4 is 10.6 Å². The summed E-state index contributed by atoms with van der Waals surface area (Å²) >= 11 is 0. The summed E-state index contributed by atoms with van der Waals surface area (Å²) in [5, 5.41) is 6.90. The van der Waals surface area contributed by atoms with Gasteiger partial charge in [0.15, 0.2) is 5.96 Å². The van der Waals surface area contributed by atoms with Crippen LogP contribution in [0.1, 0.15) is 76.8 Å². The zero-order chi connectivity index (χ0) is 20.2. The number of nitrogens with one attached hydrogen (secondary N) is 2. The quantitative estimate of drug-likeness (QED) is 0.192. The van der Waals surface area contributed by atoms with Crippen molar-refractivity contribution >= 4 is 35.8 Å². The van der Waals surface area contributed by atoms with E-state index in [-0.39, 0.29) is 29.9 Å². The van der Waals surface area contributed by atoms with Crippen molar-refractivity contribution in [2.24, 2.45) is 4.99 Å². The summed E-state index contributed by atoms with van der Waals surface area (Å²) in [5.74, 6) is 1.14. The molecule has 6 heteroatoms. The second-order valence-electron chi connectivity index (χ2n) is 7.78. The third-order valence-electron chi connectivity index (χ3n) is 5.28. The molecule has 2 rings (SSSR count). The molecule has 1 aromatic rings. The number of unbranched alkanes of at least 4 members (excludes halogenated alkanes) is 3. The minimum absolute atomic E-state index is 0. The maximum atomic E-state index is 12.0. The van der Waals surface area contributed by atoms with Crippen LogP contribution in [0, 0.1) is 0 Å². The number of aliphatic imine (C=N–C) groups is 1. The lowest BCUT2D eigenvalue weighted by atomic mass is 10.1. The lowest BCUT2D eigenvalue weighted by Gasteiger charge is -2.19. The van der Waals surface area contributed by atoms with Crippen molar-refractivity contribution in [2.45, 2.75) is 84.8 Å². The van der Waals surface area contributed by atoms with E-state index in [1.54, 1.807) is 0 Å². The fraction of sp³-hybridized carbons (Fsp3) is 0.652. The number of benzene rings is 1. The van der Waals surface area contributed by atoms with Crippen LogP contribution in [0.3, 0.4) is 0 Å². The van der Waals surface area contributed by atoms with Crippen molar-refractivity contribution in [3.05, 3.63) is 35.4 Å². The van der Waals surface area contributed by atoms with Crippen LogP contribution >= 0.6 is 24.0 Å². The minimum Gasteiger partial charge on any atom is -0.357 e. The van der Waals surface area contributed by atoms with Crippen molar-refractivity contribution in [1.82, 2.24) is 15.5 Å². The molecule has 1 atom stereocenters. The number of guanidine groups is 1. The van der Waals surface area contributed by atoms with Gasteiger partial charge in [-0.25, -0.2) is 4.99 Å². The van der Waals surface area contributed by atoms with Gasteiger partial charge in [0.25, 0.3) is 0 Å². The standard InChI is InChI=1S/C23H38N4O.HI/c1-4-6-7-8-12-19(3)26-23(24-5-2)25-17-20-13-9-10-14-21(20)18-27-16-11-15-22(27)28;/h9-10,13-14,19H,4-8,11-12,15-18H2,1-3H3,(H2,24,25,26);1H. The molecular formula is C23H39IN4O. The highest BCUT2D eigenvalue weighted by Gasteiger charge is 2.20. The van der Waals surface area contributed by atoms with E-state index in [1.807, 2.05) is 11.0 Å². The Hall–Kier alpha value is -1.31. The average molecular weight is 514 g/mol. The zero-order valence-electron chi connectivity index (χ0n) is 18.4. The summed E-state index contributed by atoms with van der Waals surface area (Å²) < 4.78 is 0. The molecule has 0 aromatic heterocycles. The first-order valence-electron chi connectivity index (χ1n) is 11.0. The van der Waals surface area contributed by atoms with Gasteiger partial charge in [-0.2, -0.15) is 0 Å². The first-order chi connectivity index (χ1) is 13.6. The van der Waals surface area contributed by atoms with Crippen molar-refractivity contribution in [3.8, 4) is 0 Å². The molecule has 0 radical (unpaired) electrons. The second-order valence-corrected chi connectivity index (χ2v) is 7.78. The normalized spacial score (nSPS) is 15.2. The van der Waals surface area contributed by atoms with Crippen LogP contribution in [0.15, 0.2) is 29.3 Å². The number of likely N-dealkylation sites (tertiary alicyclic amines) is 1. The molecule has 0 bridgehead atoms. The van der Waals surface area contributed by atoms with E-state index in [1.165, 1.54) is 36.8 Å². The fourth-order valence-corrected chi connectivity index (χ4v) is 3.61. The van der Waals surface area contributed by atoms with Crippen molar-refractivity contribution < 1.29 is 4.79 Å². The molecule has 5 nitrogen and oxygen atoms in total. The highest BCUT2D eigenvalue weighted by molar-refractivity contribution is 14.0. The van der Waals surface area contributed by atoms with Crippen LogP contribution in [-0.4, -0.2) is 35.9 Å². The highest BCUT2D eigenvalue weighted by atomic mass is 127. The van der Waals surface area contributed by atoms with Gasteiger partial charge in [-0.05, 0) is 37.8 Å². The number of rotatable bonds is 11. The van der Waals surface area contributed by atoms with E-state index in [2.05, 4.69) is 49.6 Å². The highest BCUT2D eigenvalue weighted by Crippen LogP contribution is 2.18. The van der Waals surface area contributed by atoms with Crippen molar-refractivity contribution in [1.29, 1.82) is 0 Å². The lowest BCUT2D eigenvalue weighted by Crippen LogP contribution is -2.42. The monoisotopic (exact) mass is 514 g/mol. The van der Waals surface area contributed by atoms with Crippen LogP contribution in [-0.2, 0) is 17.9 Å². The van der Waals surface area contributed by atoms with Gasteiger partial charge in [0, 0.05) is 32.1 Å². The lowest BCUT2D eigenvalue weighted by molar-refractivity contribution is -0.128. The SMILES string of the molecule is CCCCCCC(C)NC(=NCc1ccccc1CN1CCCC1=O)NCC.I. The molecule has 164 valence electrons. The molecular weight excluding hydrogens is 475 g/mol. The summed E-state index contributed by atoms with van der Waals surface area (Å²) in [6.45, 7) is 9.60. The summed E-state index contributed by atoms with van der Waals surface area (Å²) in [5.41, 5.74) is 2.39. The molecule has 1 heterocycles. The molecule has 0 aliphatic carbocycles. The van der Waals surface area contributed by atoms with Gasteiger partial charge in [-0.15, -0.1) is 24.0 Å². The van der Waals surface area contributed by atoms with Gasteiger partial charge >= 0.3 is 0 Å². The predicted molar refractivity (Wildman–Crippen MR) is 133 cm³/mol. The summed E-state index contributed by atoms with van der Waals surface area (Å²) in [6, 6.07) is 8.75. The molecule has 1 aliphatic heterocycles. The van der Waals surface area contributed by atoms with Gasteiger partial charge in [-0.1, -0.05) is 56.9 Å². The molecule has 1 fully saturated rings. The van der Waals surface area contributed by atoms with Gasteiger partial charge in [0.05, 0.1) is 6.54 Å². The van der Waals surface area contributed by atoms with E-state index >= 15 is 0 Å². The van der Waals surface area contributed by atoms with Gasteiger partial charge < -0.3 is 15.5 Å². The van der Waals surface area contributed by atoms with Gasteiger partial charge in [0.1, 0.15) is 0 Å². The number of halogens is 1. The first-order valence-corrected chi connectivity index (χ1v) is 11.0. The fourth-order valence-electron chi connectivity index (χ4n) is 3.61. The minimum atomic E-state index is 0. The number of hydrogen-bond acceptors (Lipinski definition) is 2. The maximum absolute atomic E-state index is 12.0. The Morgan fingerprint density at radius 1 is 1.17 bits per heavy atom. The van der Waals surface area contributed by atoms with Crippen molar-refractivity contribution in [3.63, 3.8) is 0 Å². The number of hydrogen-bond donors (Lipinski definition) is 2. The Morgan fingerprint density at radius 2 is 1.93 bits per heavy atom. The molecule has 1 saturated heterocycles. The largest absolute Gasteiger partial charge is 0.357 e. The Labute approximate surface area is 194 Å². The molecule has 1 amide bonds. The third-order valence-corrected chi connectivity index (χ3v) is 5.28. The second kappa shape index (κ2) is 14.6. The summed E-state index contributed by atoms with van der Waals surface area (Å²) in [6.07, 6.45) is 7.98. The first kappa shape index (κ1) is 25.7. The molecule has 0 saturated carbocycles. The van der Waals surface area contributed by atoms with Crippen LogP contribution in [0.2, 0.25) is 0 Å². The van der Waals surface area contributed by atoms with Crippen LogP contribution in [0.25, 0.3) is 0 Å². The Bertz CT molecular complexity index is 635. The number of amides is 1. The number of carbonyl (C=O) groups excluding carboxylic acids is 1. The number of carbonyl (C=O) groups is 1. The van der Waals surface area contributed by atoms with Crippen LogP contribution in [0.4, 0.5) is 0 Å². The van der Waals surface area contributed by atoms with E-state index < -0.39 is 0 Å². The molecule has 1 aliphatic rings. The van der Waals surface area contributed by atoms with E-state index in [4.69, 9.17) is 4.99 Å². The Morgan fingerprint density at radius 3 is 2.59 bits per heavy atom. The van der Waals surface area contributed by atoms with Gasteiger partial charge in [-0.3, -0.25) is 4.79 Å².